The molecule has 0 atom stereocenters. The molecular formula is C22H23ClN2O3. The SMILES string of the molecule is CCc1ccc2c(CC(=O)Nc3cc(Cl)ccc3N3CCOCC3)coc2c1. The molecule has 1 N–H and O–H groups in total. The number of hydrogen-bond donors (Lipinski definition) is 1. The van der Waals surface area contributed by atoms with Crippen LogP contribution in [0.5, 0.6) is 0 Å². The number of carbonyl (C=O) groups is 1. The first kappa shape index (κ1) is 18.8. The van der Waals surface area contributed by atoms with Crippen LogP contribution in [-0.4, -0.2) is 32.2 Å². The zero-order chi connectivity index (χ0) is 19.5. The van der Waals surface area contributed by atoms with Crippen LogP contribution >= 0.6 is 11.6 Å². The summed E-state index contributed by atoms with van der Waals surface area (Å²) in [5.41, 5.74) is 4.60. The standard InChI is InChI=1S/C22H23ClN2O3/c1-2-15-3-5-18-16(14-28-21(18)11-15)12-22(26)24-19-13-17(23)4-6-20(19)25-7-9-27-10-8-25/h3-6,11,13-14H,2,7-10,12H2,1H3,(H,24,26). The zero-order valence-electron chi connectivity index (χ0n) is 15.8. The number of hydrogen-bond acceptors (Lipinski definition) is 4. The fraction of sp³-hybridized carbons (Fsp3) is 0.318. The summed E-state index contributed by atoms with van der Waals surface area (Å²) in [6.07, 6.45) is 2.86. The third-order valence-corrected chi connectivity index (χ3v) is 5.30. The summed E-state index contributed by atoms with van der Waals surface area (Å²) >= 11 is 6.18. The molecule has 1 saturated heterocycles. The molecule has 6 heteroatoms. The summed E-state index contributed by atoms with van der Waals surface area (Å²) in [7, 11) is 0. The minimum atomic E-state index is -0.0981. The van der Waals surface area contributed by atoms with E-state index in [0.717, 1.165) is 47.4 Å². The summed E-state index contributed by atoms with van der Waals surface area (Å²) in [5, 5.41) is 4.60. The number of rotatable bonds is 5. The first-order chi connectivity index (χ1) is 13.6. The van der Waals surface area contributed by atoms with Crippen molar-refractivity contribution >= 4 is 39.9 Å². The number of ether oxygens (including phenoxy) is 1. The number of fused-ring (bicyclic) bond motifs is 1. The molecule has 1 aliphatic heterocycles. The summed E-state index contributed by atoms with van der Waals surface area (Å²) in [6.45, 7) is 5.04. The van der Waals surface area contributed by atoms with Gasteiger partial charge in [-0.25, -0.2) is 0 Å². The number of carbonyl (C=O) groups excluding carboxylic acids is 1. The number of morpholine rings is 1. The van der Waals surface area contributed by atoms with E-state index in [1.54, 1.807) is 12.3 Å². The average Bonchev–Trinajstić information content (AvgIpc) is 3.10. The Kier molecular flexibility index (Phi) is 5.55. The Bertz CT molecular complexity index is 993. The van der Waals surface area contributed by atoms with E-state index in [2.05, 4.69) is 23.2 Å². The van der Waals surface area contributed by atoms with Gasteiger partial charge >= 0.3 is 0 Å². The van der Waals surface area contributed by atoms with Crippen LogP contribution in [0.1, 0.15) is 18.1 Å². The van der Waals surface area contributed by atoms with Gasteiger partial charge in [-0.3, -0.25) is 4.79 Å². The average molecular weight is 399 g/mol. The van der Waals surface area contributed by atoms with Crippen LogP contribution in [-0.2, 0) is 22.4 Å². The number of amides is 1. The van der Waals surface area contributed by atoms with Crippen LogP contribution in [0.15, 0.2) is 47.1 Å². The number of benzene rings is 2. The Hall–Kier alpha value is -2.50. The fourth-order valence-electron chi connectivity index (χ4n) is 3.54. The Morgan fingerprint density at radius 3 is 2.79 bits per heavy atom. The Balaban J connectivity index is 1.53. The molecular weight excluding hydrogens is 376 g/mol. The van der Waals surface area contributed by atoms with Gasteiger partial charge in [-0.05, 0) is 36.2 Å². The molecule has 0 unspecified atom stereocenters. The van der Waals surface area contributed by atoms with Gasteiger partial charge in [-0.2, -0.15) is 0 Å². The van der Waals surface area contributed by atoms with E-state index >= 15 is 0 Å². The number of anilines is 2. The molecule has 4 rings (SSSR count). The van der Waals surface area contributed by atoms with Crippen molar-refractivity contribution in [3.63, 3.8) is 0 Å². The molecule has 2 aromatic carbocycles. The quantitative estimate of drug-likeness (QED) is 0.678. The third-order valence-electron chi connectivity index (χ3n) is 5.06. The summed E-state index contributed by atoms with van der Waals surface area (Å²) in [4.78, 5) is 15.0. The minimum Gasteiger partial charge on any atom is -0.464 e. The molecule has 1 amide bonds. The lowest BCUT2D eigenvalue weighted by Crippen LogP contribution is -2.36. The van der Waals surface area contributed by atoms with E-state index in [9.17, 15) is 4.79 Å². The van der Waals surface area contributed by atoms with Gasteiger partial charge in [0.05, 0.1) is 37.3 Å². The molecule has 0 aliphatic carbocycles. The Morgan fingerprint density at radius 2 is 2.00 bits per heavy atom. The van der Waals surface area contributed by atoms with Crippen molar-refractivity contribution in [3.8, 4) is 0 Å². The van der Waals surface area contributed by atoms with Gasteiger partial charge in [-0.1, -0.05) is 30.7 Å². The fourth-order valence-corrected chi connectivity index (χ4v) is 3.71. The smallest absolute Gasteiger partial charge is 0.228 e. The van der Waals surface area contributed by atoms with Gasteiger partial charge in [0.1, 0.15) is 5.58 Å². The lowest BCUT2D eigenvalue weighted by Gasteiger charge is -2.30. The topological polar surface area (TPSA) is 54.7 Å². The van der Waals surface area contributed by atoms with Crippen molar-refractivity contribution in [3.05, 3.63) is 58.8 Å². The molecule has 1 aliphatic rings. The van der Waals surface area contributed by atoms with Crippen LogP contribution in [0.25, 0.3) is 11.0 Å². The minimum absolute atomic E-state index is 0.0981. The van der Waals surface area contributed by atoms with E-state index in [4.69, 9.17) is 20.8 Å². The van der Waals surface area contributed by atoms with Crippen LogP contribution in [0, 0.1) is 0 Å². The van der Waals surface area contributed by atoms with E-state index < -0.39 is 0 Å². The van der Waals surface area contributed by atoms with Crippen LogP contribution in [0.4, 0.5) is 11.4 Å². The summed E-state index contributed by atoms with van der Waals surface area (Å²) in [6, 6.07) is 11.7. The Morgan fingerprint density at radius 1 is 1.18 bits per heavy atom. The van der Waals surface area contributed by atoms with Gasteiger partial charge in [0.25, 0.3) is 0 Å². The molecule has 0 radical (unpaired) electrons. The van der Waals surface area contributed by atoms with Gasteiger partial charge in [0.2, 0.25) is 5.91 Å². The van der Waals surface area contributed by atoms with E-state index in [0.29, 0.717) is 18.2 Å². The highest BCUT2D eigenvalue weighted by atomic mass is 35.5. The van der Waals surface area contributed by atoms with Crippen molar-refractivity contribution in [2.75, 3.05) is 36.5 Å². The molecule has 0 spiro atoms. The maximum absolute atomic E-state index is 12.8. The molecule has 146 valence electrons. The van der Waals surface area contributed by atoms with Crippen molar-refractivity contribution in [2.45, 2.75) is 19.8 Å². The first-order valence-electron chi connectivity index (χ1n) is 9.55. The second-order valence-corrected chi connectivity index (χ2v) is 7.37. The second kappa shape index (κ2) is 8.25. The molecule has 0 saturated carbocycles. The predicted molar refractivity (Wildman–Crippen MR) is 112 cm³/mol. The maximum Gasteiger partial charge on any atom is 0.228 e. The van der Waals surface area contributed by atoms with Crippen LogP contribution in [0.2, 0.25) is 5.02 Å². The van der Waals surface area contributed by atoms with Crippen LogP contribution in [0.3, 0.4) is 0 Å². The zero-order valence-corrected chi connectivity index (χ0v) is 16.6. The largest absolute Gasteiger partial charge is 0.464 e. The van der Waals surface area contributed by atoms with Crippen LogP contribution < -0.4 is 10.2 Å². The normalized spacial score (nSPS) is 14.4. The van der Waals surface area contributed by atoms with E-state index in [1.165, 1.54) is 5.56 Å². The molecule has 2 heterocycles. The number of furan rings is 1. The lowest BCUT2D eigenvalue weighted by molar-refractivity contribution is -0.115. The molecule has 3 aromatic rings. The van der Waals surface area contributed by atoms with Crippen molar-refractivity contribution in [2.24, 2.45) is 0 Å². The summed E-state index contributed by atoms with van der Waals surface area (Å²) in [5.74, 6) is -0.0981. The predicted octanol–water partition coefficient (Wildman–Crippen LogP) is 4.67. The second-order valence-electron chi connectivity index (χ2n) is 6.93. The number of nitrogens with zero attached hydrogens (tertiary/aromatic N) is 1. The van der Waals surface area contributed by atoms with Gasteiger partial charge in [0.15, 0.2) is 0 Å². The molecule has 1 aromatic heterocycles. The molecule has 5 nitrogen and oxygen atoms in total. The first-order valence-corrected chi connectivity index (χ1v) is 9.93. The summed E-state index contributed by atoms with van der Waals surface area (Å²) < 4.78 is 11.1. The number of nitrogens with one attached hydrogen (secondary N) is 1. The molecule has 28 heavy (non-hydrogen) atoms. The van der Waals surface area contributed by atoms with Gasteiger partial charge in [0, 0.05) is 29.1 Å². The Labute approximate surface area is 169 Å². The van der Waals surface area contributed by atoms with E-state index in [1.807, 2.05) is 24.3 Å². The van der Waals surface area contributed by atoms with Gasteiger partial charge in [-0.15, -0.1) is 0 Å². The maximum atomic E-state index is 12.8. The third kappa shape index (κ3) is 4.01. The highest BCUT2D eigenvalue weighted by molar-refractivity contribution is 6.31. The van der Waals surface area contributed by atoms with Crippen molar-refractivity contribution < 1.29 is 13.9 Å². The number of halogens is 1. The molecule has 1 fully saturated rings. The van der Waals surface area contributed by atoms with Crippen molar-refractivity contribution in [1.82, 2.24) is 0 Å². The lowest BCUT2D eigenvalue weighted by atomic mass is 10.1. The molecule has 0 bridgehead atoms. The van der Waals surface area contributed by atoms with Crippen molar-refractivity contribution in [1.29, 1.82) is 0 Å². The van der Waals surface area contributed by atoms with Gasteiger partial charge < -0.3 is 19.4 Å². The van der Waals surface area contributed by atoms with E-state index in [-0.39, 0.29) is 12.3 Å². The number of aryl methyl sites for hydroxylation is 1. The highest BCUT2D eigenvalue weighted by Crippen LogP contribution is 2.30. The highest BCUT2D eigenvalue weighted by Gasteiger charge is 2.18. The monoisotopic (exact) mass is 398 g/mol.